The molecule has 0 amide bonds. The second kappa shape index (κ2) is 9.46. The molecule has 0 saturated heterocycles. The molecule has 0 spiro atoms. The second-order valence-corrected chi connectivity index (χ2v) is 12.0. The van der Waals surface area contributed by atoms with Gasteiger partial charge in [0.25, 0.3) is 5.69 Å². The SMILES string of the molecule is COc1ccc([N+](=O)[O-])cc1N=P(Nc1cccc(C(F)(F)F)c1)(c1ccncc1)C(C)(C)C. The van der Waals surface area contributed by atoms with Crippen molar-refractivity contribution in [2.24, 2.45) is 4.74 Å². The maximum absolute atomic E-state index is 13.4. The summed E-state index contributed by atoms with van der Waals surface area (Å²) in [6.45, 7) is 5.74. The van der Waals surface area contributed by atoms with Crippen LogP contribution in [-0.4, -0.2) is 22.2 Å². The minimum absolute atomic E-state index is 0.180. The van der Waals surface area contributed by atoms with Gasteiger partial charge in [-0.15, -0.1) is 0 Å². The monoisotopic (exact) mass is 492 g/mol. The number of anilines is 1. The van der Waals surface area contributed by atoms with Crippen molar-refractivity contribution in [3.63, 3.8) is 0 Å². The number of nitrogens with one attached hydrogen (secondary N) is 1. The normalized spacial score (nSPS) is 13.6. The van der Waals surface area contributed by atoms with E-state index >= 15 is 0 Å². The van der Waals surface area contributed by atoms with E-state index in [4.69, 9.17) is 9.48 Å². The molecule has 180 valence electrons. The molecule has 0 bridgehead atoms. The summed E-state index contributed by atoms with van der Waals surface area (Å²) in [5.41, 5.74) is -0.535. The Morgan fingerprint density at radius 2 is 1.74 bits per heavy atom. The summed E-state index contributed by atoms with van der Waals surface area (Å²) in [5, 5.41) is 14.8. The number of hydrogen-bond donors (Lipinski definition) is 1. The maximum Gasteiger partial charge on any atom is 0.416 e. The van der Waals surface area contributed by atoms with Crippen molar-refractivity contribution in [3.05, 3.63) is 82.7 Å². The standard InChI is InChI=1S/C23H24F3N4O3P/c1-22(2,3)34(19-10-12-27-13-11-19,28-17-7-5-6-16(14-17)23(24,25)26)29-20-15-18(30(31)32)8-9-21(20)33-4/h5-15,28H,1-4H3. The molecule has 3 rings (SSSR count). The zero-order chi connectivity index (χ0) is 25.1. The Kier molecular flexibility index (Phi) is 7.02. The third kappa shape index (κ3) is 5.22. The van der Waals surface area contributed by atoms with Gasteiger partial charge >= 0.3 is 6.18 Å². The van der Waals surface area contributed by atoms with Crippen LogP contribution in [-0.2, 0) is 6.18 Å². The number of nitrogens with zero attached hydrogens (tertiary/aromatic N) is 3. The van der Waals surface area contributed by atoms with Gasteiger partial charge in [0.15, 0.2) is 0 Å². The molecule has 3 aromatic rings. The molecule has 1 aromatic heterocycles. The van der Waals surface area contributed by atoms with E-state index in [-0.39, 0.29) is 17.1 Å². The van der Waals surface area contributed by atoms with Gasteiger partial charge in [-0.05, 0) is 36.4 Å². The molecular weight excluding hydrogens is 468 g/mol. The smallest absolute Gasteiger partial charge is 0.416 e. The molecule has 2 aromatic carbocycles. The number of alkyl halides is 3. The molecule has 1 atom stereocenters. The number of hydrogen-bond acceptors (Lipinski definition) is 5. The van der Waals surface area contributed by atoms with Crippen LogP contribution in [0.3, 0.4) is 0 Å². The van der Waals surface area contributed by atoms with Crippen molar-refractivity contribution in [1.82, 2.24) is 4.98 Å². The van der Waals surface area contributed by atoms with Crippen LogP contribution in [0.5, 0.6) is 5.75 Å². The molecule has 11 heteroatoms. The van der Waals surface area contributed by atoms with Crippen LogP contribution in [0.25, 0.3) is 0 Å². The summed E-state index contributed by atoms with van der Waals surface area (Å²) in [7, 11) is -1.55. The third-order valence-corrected chi connectivity index (χ3v) is 9.20. The van der Waals surface area contributed by atoms with Crippen LogP contribution in [0.4, 0.5) is 30.2 Å². The lowest BCUT2D eigenvalue weighted by molar-refractivity contribution is -0.384. The third-order valence-electron chi connectivity index (χ3n) is 5.12. The first kappa shape index (κ1) is 25.2. The summed E-state index contributed by atoms with van der Waals surface area (Å²) in [6, 6.07) is 12.4. The fraction of sp³-hybridized carbons (Fsp3) is 0.261. The minimum Gasteiger partial charge on any atom is -0.494 e. The number of non-ortho nitro benzene ring substituents is 1. The van der Waals surface area contributed by atoms with Gasteiger partial charge in [-0.25, -0.2) is 4.74 Å². The van der Waals surface area contributed by atoms with Gasteiger partial charge in [-0.1, -0.05) is 26.8 Å². The van der Waals surface area contributed by atoms with Crippen molar-refractivity contribution in [2.75, 3.05) is 12.2 Å². The van der Waals surface area contributed by atoms with Crippen LogP contribution in [0.15, 0.2) is 71.7 Å². The largest absolute Gasteiger partial charge is 0.494 e. The molecule has 7 nitrogen and oxygen atoms in total. The molecule has 0 radical (unpaired) electrons. The van der Waals surface area contributed by atoms with Crippen LogP contribution < -0.4 is 15.1 Å². The Morgan fingerprint density at radius 1 is 1.06 bits per heavy atom. The summed E-state index contributed by atoms with van der Waals surface area (Å²) in [6.07, 6.45) is -1.37. The van der Waals surface area contributed by atoms with E-state index < -0.39 is 29.0 Å². The number of nitro benzene ring substituents is 1. The zero-order valence-corrected chi connectivity index (χ0v) is 19.9. The summed E-state index contributed by atoms with van der Waals surface area (Å²) in [4.78, 5) is 14.9. The lowest BCUT2D eigenvalue weighted by Crippen LogP contribution is -2.28. The Balaban J connectivity index is 2.36. The second-order valence-electron chi connectivity index (χ2n) is 8.42. The van der Waals surface area contributed by atoms with Crippen LogP contribution >= 0.6 is 7.21 Å². The van der Waals surface area contributed by atoms with Gasteiger partial charge in [0.2, 0.25) is 0 Å². The number of aromatic nitrogens is 1. The van der Waals surface area contributed by atoms with Gasteiger partial charge < -0.3 is 9.82 Å². The average Bonchev–Trinajstić information content (AvgIpc) is 2.78. The molecular formula is C23H24F3N4O3P. The zero-order valence-electron chi connectivity index (χ0n) is 19.0. The first-order valence-corrected chi connectivity index (χ1v) is 11.9. The van der Waals surface area contributed by atoms with Crippen molar-refractivity contribution in [2.45, 2.75) is 32.1 Å². The first-order valence-electron chi connectivity index (χ1n) is 10.2. The highest BCUT2D eigenvalue weighted by molar-refractivity contribution is 7.76. The first-order chi connectivity index (χ1) is 15.9. The number of methoxy groups -OCH3 is 1. The molecule has 0 aliphatic carbocycles. The van der Waals surface area contributed by atoms with Crippen LogP contribution in [0, 0.1) is 10.1 Å². The maximum atomic E-state index is 13.4. The predicted octanol–water partition coefficient (Wildman–Crippen LogP) is 7.00. The fourth-order valence-corrected chi connectivity index (χ4v) is 6.66. The van der Waals surface area contributed by atoms with E-state index in [1.54, 1.807) is 24.5 Å². The molecule has 0 aliphatic rings. The Hall–Kier alpha value is -3.39. The summed E-state index contributed by atoms with van der Waals surface area (Å²) in [5.74, 6) is 0.305. The topological polar surface area (TPSA) is 89.7 Å². The van der Waals surface area contributed by atoms with Gasteiger partial charge in [0.05, 0.1) is 24.8 Å². The lowest BCUT2D eigenvalue weighted by atomic mass is 10.2. The number of ether oxygens (including phenoxy) is 1. The fourth-order valence-electron chi connectivity index (χ4n) is 3.40. The van der Waals surface area contributed by atoms with Crippen LogP contribution in [0.1, 0.15) is 26.3 Å². The molecule has 1 unspecified atom stereocenters. The van der Waals surface area contributed by atoms with E-state index in [0.717, 1.165) is 12.1 Å². The highest BCUT2D eigenvalue weighted by Crippen LogP contribution is 2.61. The Morgan fingerprint density at radius 3 is 2.29 bits per heavy atom. The Labute approximate surface area is 195 Å². The minimum atomic E-state index is -4.52. The summed E-state index contributed by atoms with van der Waals surface area (Å²) >= 11 is 0. The molecule has 0 aliphatic heterocycles. The molecule has 34 heavy (non-hydrogen) atoms. The number of nitro groups is 1. The average molecular weight is 492 g/mol. The molecule has 1 heterocycles. The quantitative estimate of drug-likeness (QED) is 0.227. The van der Waals surface area contributed by atoms with Gasteiger partial charge in [0.1, 0.15) is 11.4 Å². The van der Waals surface area contributed by atoms with E-state index in [0.29, 0.717) is 11.1 Å². The van der Waals surface area contributed by atoms with Gasteiger partial charge in [-0.3, -0.25) is 15.1 Å². The number of benzene rings is 2. The van der Waals surface area contributed by atoms with E-state index in [1.165, 1.54) is 37.4 Å². The highest BCUT2D eigenvalue weighted by Gasteiger charge is 2.37. The molecule has 0 saturated carbocycles. The lowest BCUT2D eigenvalue weighted by Gasteiger charge is -2.38. The molecule has 0 fully saturated rings. The van der Waals surface area contributed by atoms with Crippen molar-refractivity contribution >= 4 is 29.6 Å². The highest BCUT2D eigenvalue weighted by atomic mass is 31.2. The number of halogens is 3. The predicted molar refractivity (Wildman–Crippen MR) is 127 cm³/mol. The Bertz CT molecular complexity index is 1240. The van der Waals surface area contributed by atoms with Crippen LogP contribution in [0.2, 0.25) is 0 Å². The van der Waals surface area contributed by atoms with Gasteiger partial charge in [0, 0.05) is 40.7 Å². The van der Waals surface area contributed by atoms with E-state index in [2.05, 4.69) is 10.1 Å². The van der Waals surface area contributed by atoms with Gasteiger partial charge in [-0.2, -0.15) is 13.2 Å². The summed E-state index contributed by atoms with van der Waals surface area (Å²) < 4.78 is 50.6. The van der Waals surface area contributed by atoms with E-state index in [9.17, 15) is 23.3 Å². The van der Waals surface area contributed by atoms with E-state index in [1.807, 2.05) is 20.8 Å². The molecule has 1 N–H and O–H groups in total. The number of rotatable bonds is 6. The van der Waals surface area contributed by atoms with Crippen molar-refractivity contribution in [1.29, 1.82) is 0 Å². The van der Waals surface area contributed by atoms with Crippen molar-refractivity contribution < 1.29 is 22.8 Å². The number of pyridine rings is 1. The van der Waals surface area contributed by atoms with Crippen molar-refractivity contribution in [3.8, 4) is 5.75 Å².